The number of furan rings is 1. The predicted molar refractivity (Wildman–Crippen MR) is 37.8 cm³/mol. The van der Waals surface area contributed by atoms with Crippen LogP contribution in [0.3, 0.4) is 0 Å². The first-order chi connectivity index (χ1) is 5.25. The van der Waals surface area contributed by atoms with Crippen molar-refractivity contribution in [1.82, 2.24) is 5.06 Å². The molecule has 11 heavy (non-hydrogen) atoms. The van der Waals surface area contributed by atoms with Crippen molar-refractivity contribution < 1.29 is 14.0 Å². The van der Waals surface area contributed by atoms with Crippen LogP contribution >= 0.6 is 0 Å². The molecule has 0 unspecified atom stereocenters. The van der Waals surface area contributed by atoms with Crippen molar-refractivity contribution in [3.63, 3.8) is 0 Å². The van der Waals surface area contributed by atoms with Crippen LogP contribution in [0.15, 0.2) is 23.0 Å². The lowest BCUT2D eigenvalue weighted by atomic mass is 10.3. The van der Waals surface area contributed by atoms with Crippen molar-refractivity contribution in [3.8, 4) is 0 Å². The molecule has 0 aliphatic carbocycles. The maximum absolute atomic E-state index is 11.2. The quantitative estimate of drug-likeness (QED) is 0.596. The van der Waals surface area contributed by atoms with Gasteiger partial charge in [0.2, 0.25) is 0 Å². The van der Waals surface area contributed by atoms with Crippen molar-refractivity contribution in [3.05, 3.63) is 24.2 Å². The largest absolute Gasteiger partial charge is 0.472 e. The van der Waals surface area contributed by atoms with Gasteiger partial charge in [-0.15, -0.1) is 0 Å². The van der Waals surface area contributed by atoms with E-state index in [2.05, 4.69) is 4.84 Å². The number of carbonyl (C=O) groups is 1. The van der Waals surface area contributed by atoms with Crippen LogP contribution in [0.1, 0.15) is 10.4 Å². The van der Waals surface area contributed by atoms with Crippen LogP contribution in [0.4, 0.5) is 0 Å². The Balaban J connectivity index is 2.70. The minimum absolute atomic E-state index is 0.221. The number of hydrogen-bond donors (Lipinski definition) is 0. The lowest BCUT2D eigenvalue weighted by Gasteiger charge is -2.11. The van der Waals surface area contributed by atoms with Crippen LogP contribution < -0.4 is 0 Å². The first kappa shape index (κ1) is 7.81. The molecule has 1 rings (SSSR count). The van der Waals surface area contributed by atoms with Gasteiger partial charge in [0.15, 0.2) is 0 Å². The zero-order valence-electron chi connectivity index (χ0n) is 6.40. The van der Waals surface area contributed by atoms with Crippen LogP contribution in [-0.2, 0) is 4.84 Å². The standard InChI is InChI=1S/C7H9NO3/c1-8(10-2)7(9)6-3-4-11-5-6/h3-5H,1-2H3. The van der Waals surface area contributed by atoms with Gasteiger partial charge in [-0.05, 0) is 6.07 Å². The SMILES string of the molecule is CON(C)C(=O)c1ccoc1. The van der Waals surface area contributed by atoms with Crippen molar-refractivity contribution in [2.75, 3.05) is 14.2 Å². The summed E-state index contributed by atoms with van der Waals surface area (Å²) in [5.41, 5.74) is 0.481. The maximum atomic E-state index is 11.2. The first-order valence-electron chi connectivity index (χ1n) is 3.10. The highest BCUT2D eigenvalue weighted by Gasteiger charge is 2.11. The van der Waals surface area contributed by atoms with Crippen LogP contribution in [0.25, 0.3) is 0 Å². The summed E-state index contributed by atoms with van der Waals surface area (Å²) in [6.07, 6.45) is 2.81. The molecule has 0 radical (unpaired) electrons. The molecule has 4 nitrogen and oxygen atoms in total. The average Bonchev–Trinajstić information content (AvgIpc) is 2.53. The molecule has 1 amide bonds. The van der Waals surface area contributed by atoms with Crippen LogP contribution in [0.2, 0.25) is 0 Å². The van der Waals surface area contributed by atoms with E-state index in [1.165, 1.54) is 26.7 Å². The van der Waals surface area contributed by atoms with Crippen molar-refractivity contribution in [1.29, 1.82) is 0 Å². The Labute approximate surface area is 64.3 Å². The lowest BCUT2D eigenvalue weighted by molar-refractivity contribution is -0.0757. The van der Waals surface area contributed by atoms with Gasteiger partial charge in [-0.2, -0.15) is 0 Å². The van der Waals surface area contributed by atoms with E-state index in [0.717, 1.165) is 5.06 Å². The third-order valence-electron chi connectivity index (χ3n) is 1.33. The molecule has 1 aromatic heterocycles. The first-order valence-corrected chi connectivity index (χ1v) is 3.10. The second-order valence-corrected chi connectivity index (χ2v) is 2.00. The van der Waals surface area contributed by atoms with E-state index < -0.39 is 0 Å². The molecule has 1 aromatic rings. The number of hydroxylamine groups is 2. The number of rotatable bonds is 2. The van der Waals surface area contributed by atoms with Crippen LogP contribution in [0, 0.1) is 0 Å². The van der Waals surface area contributed by atoms with Gasteiger partial charge in [0.05, 0.1) is 18.9 Å². The van der Waals surface area contributed by atoms with Crippen molar-refractivity contribution >= 4 is 5.91 Å². The molecule has 0 atom stereocenters. The summed E-state index contributed by atoms with van der Waals surface area (Å²) in [7, 11) is 2.97. The van der Waals surface area contributed by atoms with E-state index in [9.17, 15) is 4.79 Å². The topological polar surface area (TPSA) is 42.7 Å². The minimum atomic E-state index is -0.221. The number of nitrogens with zero attached hydrogens (tertiary/aromatic N) is 1. The summed E-state index contributed by atoms with van der Waals surface area (Å²) >= 11 is 0. The summed E-state index contributed by atoms with van der Waals surface area (Å²) in [4.78, 5) is 15.9. The molecule has 1 heterocycles. The van der Waals surface area contributed by atoms with E-state index >= 15 is 0 Å². The van der Waals surface area contributed by atoms with Gasteiger partial charge in [0.25, 0.3) is 5.91 Å². The molecule has 0 aliphatic rings. The minimum Gasteiger partial charge on any atom is -0.472 e. The fourth-order valence-corrected chi connectivity index (χ4v) is 0.651. The maximum Gasteiger partial charge on any atom is 0.280 e. The summed E-state index contributed by atoms with van der Waals surface area (Å²) in [6.45, 7) is 0. The third kappa shape index (κ3) is 1.59. The molecule has 0 spiro atoms. The van der Waals surface area contributed by atoms with Crippen molar-refractivity contribution in [2.45, 2.75) is 0 Å². The van der Waals surface area contributed by atoms with Crippen molar-refractivity contribution in [2.24, 2.45) is 0 Å². The second-order valence-electron chi connectivity index (χ2n) is 2.00. The summed E-state index contributed by atoms with van der Waals surface area (Å²) < 4.78 is 4.73. The van der Waals surface area contributed by atoms with Crippen LogP contribution in [-0.4, -0.2) is 25.1 Å². The summed E-state index contributed by atoms with van der Waals surface area (Å²) in [6, 6.07) is 1.58. The third-order valence-corrected chi connectivity index (χ3v) is 1.33. The highest BCUT2D eigenvalue weighted by atomic mass is 16.7. The Hall–Kier alpha value is -1.29. The number of amides is 1. The molecule has 0 saturated heterocycles. The fourth-order valence-electron chi connectivity index (χ4n) is 0.651. The Morgan fingerprint density at radius 2 is 2.45 bits per heavy atom. The average molecular weight is 155 g/mol. The highest BCUT2D eigenvalue weighted by molar-refractivity contribution is 5.92. The van der Waals surface area contributed by atoms with Gasteiger partial charge >= 0.3 is 0 Å². The lowest BCUT2D eigenvalue weighted by Crippen LogP contribution is -2.24. The van der Waals surface area contributed by atoms with Gasteiger partial charge in [-0.25, -0.2) is 5.06 Å². The number of carbonyl (C=O) groups excluding carboxylic acids is 1. The fraction of sp³-hybridized carbons (Fsp3) is 0.286. The monoisotopic (exact) mass is 155 g/mol. The molecule has 0 N–H and O–H groups in total. The van der Waals surface area contributed by atoms with E-state index in [1.807, 2.05) is 0 Å². The molecule has 0 fully saturated rings. The smallest absolute Gasteiger partial charge is 0.280 e. The van der Waals surface area contributed by atoms with Gasteiger partial charge in [0, 0.05) is 7.05 Å². The normalized spacial score (nSPS) is 9.64. The Morgan fingerprint density at radius 3 is 2.91 bits per heavy atom. The molecule has 0 saturated carbocycles. The molecule has 0 bridgehead atoms. The number of hydrogen-bond acceptors (Lipinski definition) is 3. The van der Waals surface area contributed by atoms with E-state index in [-0.39, 0.29) is 5.91 Å². The van der Waals surface area contributed by atoms with Gasteiger partial charge in [0.1, 0.15) is 6.26 Å². The Bertz CT molecular complexity index is 230. The molecular weight excluding hydrogens is 146 g/mol. The zero-order chi connectivity index (χ0) is 8.27. The van der Waals surface area contributed by atoms with Gasteiger partial charge < -0.3 is 4.42 Å². The molecule has 60 valence electrons. The Kier molecular flexibility index (Phi) is 2.28. The van der Waals surface area contributed by atoms with E-state index in [4.69, 9.17) is 4.42 Å². The van der Waals surface area contributed by atoms with Gasteiger partial charge in [-0.3, -0.25) is 9.63 Å². The van der Waals surface area contributed by atoms with Gasteiger partial charge in [-0.1, -0.05) is 0 Å². The van der Waals surface area contributed by atoms with E-state index in [1.54, 1.807) is 6.07 Å². The predicted octanol–water partition coefficient (Wildman–Crippen LogP) is 0.913. The second kappa shape index (κ2) is 3.21. The highest BCUT2D eigenvalue weighted by Crippen LogP contribution is 2.03. The zero-order valence-corrected chi connectivity index (χ0v) is 6.40. The van der Waals surface area contributed by atoms with E-state index in [0.29, 0.717) is 5.56 Å². The Morgan fingerprint density at radius 1 is 1.73 bits per heavy atom. The summed E-state index contributed by atoms with van der Waals surface area (Å²) in [5.74, 6) is -0.221. The van der Waals surface area contributed by atoms with Crippen LogP contribution in [0.5, 0.6) is 0 Å². The molecular formula is C7H9NO3. The summed E-state index contributed by atoms with van der Waals surface area (Å²) in [5, 5.41) is 1.13. The molecule has 4 heteroatoms. The molecule has 0 aromatic carbocycles. The molecule has 0 aliphatic heterocycles.